The van der Waals surface area contributed by atoms with Gasteiger partial charge < -0.3 is 15.2 Å². The minimum absolute atomic E-state index is 0.0598. The lowest BCUT2D eigenvalue weighted by molar-refractivity contribution is -0.122. The van der Waals surface area contributed by atoms with Crippen molar-refractivity contribution in [1.82, 2.24) is 5.32 Å². The predicted octanol–water partition coefficient (Wildman–Crippen LogP) is 1.66. The van der Waals surface area contributed by atoms with E-state index in [1.54, 1.807) is 7.11 Å². The molecule has 2 atom stereocenters. The maximum atomic E-state index is 12.0. The molecule has 0 heterocycles. The Kier molecular flexibility index (Phi) is 4.80. The topological polar surface area (TPSA) is 58.6 Å². The smallest absolute Gasteiger partial charge is 0.224 e. The Morgan fingerprint density at radius 1 is 1.37 bits per heavy atom. The summed E-state index contributed by atoms with van der Waals surface area (Å²) in [6, 6.07) is 7.40. The molecule has 1 fully saturated rings. The van der Waals surface area contributed by atoms with Crippen LogP contribution in [0.15, 0.2) is 24.3 Å². The molecule has 104 valence electrons. The fraction of sp³-hybridized carbons (Fsp3) is 0.533. The molecule has 1 aliphatic rings. The van der Waals surface area contributed by atoms with Crippen molar-refractivity contribution in [3.05, 3.63) is 29.8 Å². The van der Waals surface area contributed by atoms with Gasteiger partial charge in [0.25, 0.3) is 0 Å². The third-order valence-corrected chi connectivity index (χ3v) is 3.62. The van der Waals surface area contributed by atoms with E-state index in [9.17, 15) is 9.90 Å². The van der Waals surface area contributed by atoms with E-state index in [4.69, 9.17) is 4.74 Å². The van der Waals surface area contributed by atoms with Gasteiger partial charge in [-0.05, 0) is 18.9 Å². The highest BCUT2D eigenvalue weighted by Crippen LogP contribution is 2.20. The number of methoxy groups -OCH3 is 1. The van der Waals surface area contributed by atoms with Crippen molar-refractivity contribution < 1.29 is 14.6 Å². The zero-order valence-electron chi connectivity index (χ0n) is 11.3. The van der Waals surface area contributed by atoms with Gasteiger partial charge in [0.15, 0.2) is 0 Å². The summed E-state index contributed by atoms with van der Waals surface area (Å²) < 4.78 is 5.23. The van der Waals surface area contributed by atoms with Crippen LogP contribution < -0.4 is 10.1 Å². The summed E-state index contributed by atoms with van der Waals surface area (Å²) in [7, 11) is 1.60. The molecule has 1 saturated carbocycles. The Morgan fingerprint density at radius 2 is 2.11 bits per heavy atom. The Morgan fingerprint density at radius 3 is 2.84 bits per heavy atom. The van der Waals surface area contributed by atoms with Gasteiger partial charge in [0, 0.05) is 5.56 Å². The zero-order valence-corrected chi connectivity index (χ0v) is 11.3. The van der Waals surface area contributed by atoms with Crippen molar-refractivity contribution in [3.8, 4) is 5.75 Å². The molecule has 1 aromatic rings. The molecule has 0 spiro atoms. The predicted molar refractivity (Wildman–Crippen MR) is 73.1 cm³/mol. The number of aliphatic hydroxyl groups is 1. The largest absolute Gasteiger partial charge is 0.496 e. The SMILES string of the molecule is COc1ccccc1CC(=O)NC1CCCCC1O. The summed E-state index contributed by atoms with van der Waals surface area (Å²) in [5.74, 6) is 0.664. The molecule has 2 N–H and O–H groups in total. The molecule has 0 aromatic heterocycles. The maximum absolute atomic E-state index is 12.0. The van der Waals surface area contributed by atoms with Gasteiger partial charge >= 0.3 is 0 Å². The molecule has 4 heteroatoms. The van der Waals surface area contributed by atoms with Crippen LogP contribution in [0.5, 0.6) is 5.75 Å². The van der Waals surface area contributed by atoms with Crippen molar-refractivity contribution in [2.75, 3.05) is 7.11 Å². The second-order valence-electron chi connectivity index (χ2n) is 5.01. The Balaban J connectivity index is 1.93. The number of carbonyl (C=O) groups excluding carboxylic acids is 1. The van der Waals surface area contributed by atoms with Crippen molar-refractivity contribution in [2.24, 2.45) is 0 Å². The van der Waals surface area contributed by atoms with E-state index in [2.05, 4.69) is 5.32 Å². The lowest BCUT2D eigenvalue weighted by atomic mass is 9.92. The lowest BCUT2D eigenvalue weighted by Crippen LogP contribution is -2.45. The molecular weight excluding hydrogens is 242 g/mol. The number of para-hydroxylation sites is 1. The van der Waals surface area contributed by atoms with Gasteiger partial charge in [0.2, 0.25) is 5.91 Å². The van der Waals surface area contributed by atoms with Crippen molar-refractivity contribution in [1.29, 1.82) is 0 Å². The van der Waals surface area contributed by atoms with Crippen LogP contribution in [0, 0.1) is 0 Å². The fourth-order valence-corrected chi connectivity index (χ4v) is 2.56. The summed E-state index contributed by atoms with van der Waals surface area (Å²) in [6.07, 6.45) is 3.62. The first-order valence-electron chi connectivity index (χ1n) is 6.80. The number of nitrogens with one attached hydrogen (secondary N) is 1. The molecule has 0 aliphatic heterocycles. The van der Waals surface area contributed by atoms with Gasteiger partial charge in [0.1, 0.15) is 5.75 Å². The number of carbonyl (C=O) groups is 1. The standard InChI is InChI=1S/C15H21NO3/c1-19-14-9-5-2-6-11(14)10-15(18)16-12-7-3-4-8-13(12)17/h2,5-6,9,12-13,17H,3-4,7-8,10H2,1H3,(H,16,18). The highest BCUT2D eigenvalue weighted by molar-refractivity contribution is 5.79. The van der Waals surface area contributed by atoms with E-state index in [0.29, 0.717) is 0 Å². The number of ether oxygens (including phenoxy) is 1. The maximum Gasteiger partial charge on any atom is 0.224 e. The monoisotopic (exact) mass is 263 g/mol. The van der Waals surface area contributed by atoms with Crippen LogP contribution in [0.1, 0.15) is 31.2 Å². The summed E-state index contributed by atoms with van der Waals surface area (Å²) >= 11 is 0. The van der Waals surface area contributed by atoms with Gasteiger partial charge in [-0.15, -0.1) is 0 Å². The zero-order chi connectivity index (χ0) is 13.7. The first-order chi connectivity index (χ1) is 9.20. The third-order valence-electron chi connectivity index (χ3n) is 3.62. The molecule has 0 radical (unpaired) electrons. The summed E-state index contributed by atoms with van der Waals surface area (Å²) in [5, 5.41) is 12.8. The number of hydrogen-bond donors (Lipinski definition) is 2. The summed E-state index contributed by atoms with van der Waals surface area (Å²) in [6.45, 7) is 0. The fourth-order valence-electron chi connectivity index (χ4n) is 2.56. The molecule has 19 heavy (non-hydrogen) atoms. The van der Waals surface area contributed by atoms with Crippen LogP contribution in [0.2, 0.25) is 0 Å². The molecule has 2 rings (SSSR count). The Hall–Kier alpha value is -1.55. The molecule has 2 unspecified atom stereocenters. The molecule has 1 aromatic carbocycles. The number of hydrogen-bond acceptors (Lipinski definition) is 3. The van der Waals surface area contributed by atoms with Crippen LogP contribution in [-0.2, 0) is 11.2 Å². The molecular formula is C15H21NO3. The van der Waals surface area contributed by atoms with E-state index in [1.165, 1.54) is 0 Å². The van der Waals surface area contributed by atoms with Crippen LogP contribution in [-0.4, -0.2) is 30.3 Å². The highest BCUT2D eigenvalue weighted by Gasteiger charge is 2.24. The van der Waals surface area contributed by atoms with Gasteiger partial charge in [-0.1, -0.05) is 31.0 Å². The lowest BCUT2D eigenvalue weighted by Gasteiger charge is -2.28. The first-order valence-corrected chi connectivity index (χ1v) is 6.80. The van der Waals surface area contributed by atoms with E-state index in [-0.39, 0.29) is 18.4 Å². The second-order valence-corrected chi connectivity index (χ2v) is 5.01. The minimum Gasteiger partial charge on any atom is -0.496 e. The molecule has 1 amide bonds. The van der Waals surface area contributed by atoms with Crippen LogP contribution in [0.25, 0.3) is 0 Å². The van der Waals surface area contributed by atoms with Gasteiger partial charge in [-0.25, -0.2) is 0 Å². The molecule has 4 nitrogen and oxygen atoms in total. The number of rotatable bonds is 4. The summed E-state index contributed by atoms with van der Waals surface area (Å²) in [4.78, 5) is 12.0. The van der Waals surface area contributed by atoms with Crippen LogP contribution in [0.3, 0.4) is 0 Å². The quantitative estimate of drug-likeness (QED) is 0.868. The van der Waals surface area contributed by atoms with Crippen molar-refractivity contribution in [3.63, 3.8) is 0 Å². The van der Waals surface area contributed by atoms with Crippen LogP contribution in [0.4, 0.5) is 0 Å². The highest BCUT2D eigenvalue weighted by atomic mass is 16.5. The van der Waals surface area contributed by atoms with Crippen molar-refractivity contribution >= 4 is 5.91 Å². The van der Waals surface area contributed by atoms with E-state index in [1.807, 2.05) is 24.3 Å². The van der Waals surface area contributed by atoms with Gasteiger partial charge in [-0.2, -0.15) is 0 Å². The average molecular weight is 263 g/mol. The Bertz CT molecular complexity index is 433. The normalized spacial score (nSPS) is 22.8. The second kappa shape index (κ2) is 6.57. The third kappa shape index (κ3) is 3.70. The number of benzene rings is 1. The molecule has 1 aliphatic carbocycles. The summed E-state index contributed by atoms with van der Waals surface area (Å²) in [5.41, 5.74) is 0.868. The minimum atomic E-state index is -0.407. The van der Waals surface area contributed by atoms with Crippen molar-refractivity contribution in [2.45, 2.75) is 44.2 Å². The van der Waals surface area contributed by atoms with Gasteiger partial charge in [0.05, 0.1) is 25.7 Å². The molecule has 0 saturated heterocycles. The Labute approximate surface area is 113 Å². The number of amides is 1. The van der Waals surface area contributed by atoms with Gasteiger partial charge in [-0.3, -0.25) is 4.79 Å². The molecule has 0 bridgehead atoms. The van der Waals surface area contributed by atoms with E-state index >= 15 is 0 Å². The van der Waals surface area contributed by atoms with E-state index < -0.39 is 6.10 Å². The number of aliphatic hydroxyl groups excluding tert-OH is 1. The average Bonchev–Trinajstić information content (AvgIpc) is 2.42. The van der Waals surface area contributed by atoms with E-state index in [0.717, 1.165) is 37.0 Å². The van der Waals surface area contributed by atoms with Crippen LogP contribution >= 0.6 is 0 Å². The first kappa shape index (κ1) is 13.9.